The van der Waals surface area contributed by atoms with Crippen LogP contribution in [-0.4, -0.2) is 36.7 Å². The fourth-order valence-electron chi connectivity index (χ4n) is 3.88. The van der Waals surface area contributed by atoms with Gasteiger partial charge in [-0.05, 0) is 19.1 Å². The van der Waals surface area contributed by atoms with Crippen LogP contribution in [0.4, 0.5) is 5.69 Å². The first-order valence-corrected chi connectivity index (χ1v) is 8.05. The van der Waals surface area contributed by atoms with Gasteiger partial charge in [0.2, 0.25) is 5.91 Å². The molecule has 1 aromatic rings. The minimum atomic E-state index is -0.752. The van der Waals surface area contributed by atoms with Gasteiger partial charge in [0.05, 0.1) is 35.9 Å². The fraction of sp³-hybridized carbons (Fsp3) is 0.412. The van der Waals surface area contributed by atoms with Crippen LogP contribution in [0, 0.1) is 11.8 Å². The Morgan fingerprint density at radius 1 is 1.48 bits per heavy atom. The second-order valence-corrected chi connectivity index (χ2v) is 6.44. The van der Waals surface area contributed by atoms with E-state index >= 15 is 0 Å². The number of ether oxygens (including phenoxy) is 2. The number of carbonyl (C=O) groups is 2. The van der Waals surface area contributed by atoms with Gasteiger partial charge in [0.25, 0.3) is 0 Å². The molecule has 23 heavy (non-hydrogen) atoms. The highest BCUT2D eigenvalue weighted by Crippen LogP contribution is 2.53. The van der Waals surface area contributed by atoms with Crippen LogP contribution >= 0.6 is 11.6 Å². The number of fused-ring (bicyclic) bond motifs is 1. The molecule has 0 radical (unpaired) electrons. The van der Waals surface area contributed by atoms with E-state index in [1.165, 1.54) is 0 Å². The van der Waals surface area contributed by atoms with E-state index in [0.29, 0.717) is 17.3 Å². The molecule has 2 bridgehead atoms. The van der Waals surface area contributed by atoms with Crippen molar-refractivity contribution in [3.63, 3.8) is 0 Å². The second-order valence-electron chi connectivity index (χ2n) is 6.03. The topological polar surface area (TPSA) is 55.8 Å². The van der Waals surface area contributed by atoms with Crippen LogP contribution in [0.1, 0.15) is 6.92 Å². The van der Waals surface area contributed by atoms with Gasteiger partial charge in [0.1, 0.15) is 11.5 Å². The molecule has 4 atom stereocenters. The van der Waals surface area contributed by atoms with Crippen molar-refractivity contribution < 1.29 is 19.1 Å². The number of nitrogens with zero attached hydrogens (tertiary/aromatic N) is 1. The van der Waals surface area contributed by atoms with Crippen molar-refractivity contribution in [3.05, 3.63) is 41.4 Å². The summed E-state index contributed by atoms with van der Waals surface area (Å²) in [5, 5.41) is 0.503. The third kappa shape index (κ3) is 1.96. The molecule has 0 saturated carbocycles. The highest BCUT2D eigenvalue weighted by Gasteiger charge is 2.67. The summed E-state index contributed by atoms with van der Waals surface area (Å²) in [5.41, 5.74) is -0.107. The Labute approximate surface area is 138 Å². The molecule has 3 aliphatic heterocycles. The van der Waals surface area contributed by atoms with E-state index in [2.05, 4.69) is 0 Å². The molecule has 0 aliphatic carbocycles. The van der Waals surface area contributed by atoms with E-state index < -0.39 is 17.4 Å². The number of amides is 1. The molecule has 0 unspecified atom stereocenters. The lowest BCUT2D eigenvalue weighted by Gasteiger charge is -2.22. The molecule has 2 saturated heterocycles. The molecule has 6 heteroatoms. The van der Waals surface area contributed by atoms with Gasteiger partial charge in [0.15, 0.2) is 0 Å². The summed E-state index contributed by atoms with van der Waals surface area (Å²) < 4.78 is 11.2. The first-order valence-electron chi connectivity index (χ1n) is 7.67. The molecule has 1 amide bonds. The van der Waals surface area contributed by atoms with Crippen molar-refractivity contribution in [1.29, 1.82) is 0 Å². The van der Waals surface area contributed by atoms with E-state index in [9.17, 15) is 9.59 Å². The molecular weight excluding hydrogens is 318 g/mol. The number of para-hydroxylation sites is 1. The summed E-state index contributed by atoms with van der Waals surface area (Å²) in [6.07, 6.45) is 3.39. The molecule has 3 heterocycles. The van der Waals surface area contributed by atoms with Gasteiger partial charge in [0, 0.05) is 0 Å². The second kappa shape index (κ2) is 5.08. The summed E-state index contributed by atoms with van der Waals surface area (Å²) in [4.78, 5) is 26.9. The lowest BCUT2D eigenvalue weighted by molar-refractivity contribution is -0.151. The van der Waals surface area contributed by atoms with Gasteiger partial charge in [-0.15, -0.1) is 0 Å². The number of benzene rings is 1. The van der Waals surface area contributed by atoms with Crippen LogP contribution in [0.5, 0.6) is 0 Å². The molecule has 1 spiro atoms. The van der Waals surface area contributed by atoms with Crippen molar-refractivity contribution in [2.24, 2.45) is 11.8 Å². The van der Waals surface area contributed by atoms with Gasteiger partial charge < -0.3 is 14.4 Å². The van der Waals surface area contributed by atoms with E-state index in [-0.39, 0.29) is 24.6 Å². The summed E-state index contributed by atoms with van der Waals surface area (Å²) in [6, 6.07) is 7.19. The maximum absolute atomic E-state index is 13.0. The van der Waals surface area contributed by atoms with E-state index in [4.69, 9.17) is 21.1 Å². The largest absolute Gasteiger partial charge is 0.466 e. The maximum Gasteiger partial charge on any atom is 0.312 e. The number of carbonyl (C=O) groups excluding carboxylic acids is 2. The standard InChI is InChI=1S/C17H16ClNO4/c1-2-22-16(21)13-12-7-8-17(23-12)9-19(15(20)14(13)17)11-6-4-3-5-10(11)18/h3-8,12-14H,2,9H2,1H3/t12-,13-,14-,17+/m1/s1. The number of hydrogen-bond donors (Lipinski definition) is 0. The zero-order valence-corrected chi connectivity index (χ0v) is 13.3. The monoisotopic (exact) mass is 333 g/mol. The molecular formula is C17H16ClNO4. The summed E-state index contributed by atoms with van der Waals surface area (Å²) in [6.45, 7) is 2.40. The van der Waals surface area contributed by atoms with Crippen LogP contribution in [0.2, 0.25) is 5.02 Å². The Hall–Kier alpha value is -1.85. The number of hydrogen-bond acceptors (Lipinski definition) is 4. The predicted molar refractivity (Wildman–Crippen MR) is 84.2 cm³/mol. The van der Waals surface area contributed by atoms with Crippen molar-refractivity contribution >= 4 is 29.2 Å². The van der Waals surface area contributed by atoms with Gasteiger partial charge in [-0.25, -0.2) is 0 Å². The summed E-state index contributed by atoms with van der Waals surface area (Å²) in [5.74, 6) is -1.64. The summed E-state index contributed by atoms with van der Waals surface area (Å²) >= 11 is 6.23. The zero-order valence-electron chi connectivity index (χ0n) is 12.6. The Morgan fingerprint density at radius 2 is 2.26 bits per heavy atom. The van der Waals surface area contributed by atoms with Crippen LogP contribution in [0.15, 0.2) is 36.4 Å². The van der Waals surface area contributed by atoms with Crippen molar-refractivity contribution in [2.45, 2.75) is 18.6 Å². The van der Waals surface area contributed by atoms with Crippen LogP contribution in [0.25, 0.3) is 0 Å². The predicted octanol–water partition coefficient (Wildman–Crippen LogP) is 2.19. The molecule has 0 aromatic heterocycles. The van der Waals surface area contributed by atoms with Crippen LogP contribution in [-0.2, 0) is 19.1 Å². The fourth-order valence-corrected chi connectivity index (χ4v) is 4.12. The third-order valence-corrected chi connectivity index (χ3v) is 5.12. The molecule has 3 aliphatic rings. The SMILES string of the molecule is CCOC(=O)[C@@H]1[C@H]2C=C[C@@]3(CN(c4ccccc4Cl)C(=O)[C@@H]13)O2. The number of halogens is 1. The normalized spacial score (nSPS) is 34.1. The average molecular weight is 334 g/mol. The Morgan fingerprint density at radius 3 is 3.00 bits per heavy atom. The van der Waals surface area contributed by atoms with E-state index in [1.807, 2.05) is 24.3 Å². The van der Waals surface area contributed by atoms with Gasteiger partial charge in [-0.2, -0.15) is 0 Å². The van der Waals surface area contributed by atoms with Crippen LogP contribution < -0.4 is 4.90 Å². The van der Waals surface area contributed by atoms with Gasteiger partial charge in [-0.3, -0.25) is 9.59 Å². The molecule has 4 rings (SSSR count). The quantitative estimate of drug-likeness (QED) is 0.628. The van der Waals surface area contributed by atoms with Crippen LogP contribution in [0.3, 0.4) is 0 Å². The number of esters is 1. The lowest BCUT2D eigenvalue weighted by atomic mass is 9.77. The van der Waals surface area contributed by atoms with Crippen molar-refractivity contribution in [3.8, 4) is 0 Å². The molecule has 2 fully saturated rings. The maximum atomic E-state index is 13.0. The number of rotatable bonds is 3. The first-order chi connectivity index (χ1) is 11.1. The molecule has 5 nitrogen and oxygen atoms in total. The van der Waals surface area contributed by atoms with Gasteiger partial charge >= 0.3 is 5.97 Å². The van der Waals surface area contributed by atoms with Gasteiger partial charge in [-0.1, -0.05) is 35.9 Å². The third-order valence-electron chi connectivity index (χ3n) is 4.80. The van der Waals surface area contributed by atoms with Crippen molar-refractivity contribution in [2.75, 3.05) is 18.1 Å². The number of anilines is 1. The van der Waals surface area contributed by atoms with Crippen molar-refractivity contribution in [1.82, 2.24) is 0 Å². The minimum absolute atomic E-state index is 0.136. The highest BCUT2D eigenvalue weighted by molar-refractivity contribution is 6.34. The Balaban J connectivity index is 1.71. The Kier molecular flexibility index (Phi) is 3.25. The smallest absolute Gasteiger partial charge is 0.312 e. The Bertz CT molecular complexity index is 718. The highest BCUT2D eigenvalue weighted by atomic mass is 35.5. The minimum Gasteiger partial charge on any atom is -0.466 e. The van der Waals surface area contributed by atoms with E-state index in [0.717, 1.165) is 0 Å². The molecule has 1 aromatic carbocycles. The zero-order chi connectivity index (χ0) is 16.2. The molecule has 0 N–H and O–H groups in total. The van der Waals surface area contributed by atoms with E-state index in [1.54, 1.807) is 24.0 Å². The summed E-state index contributed by atoms with van der Waals surface area (Å²) in [7, 11) is 0. The molecule has 120 valence electrons. The average Bonchev–Trinajstić information content (AvgIpc) is 3.16. The lowest BCUT2D eigenvalue weighted by Crippen LogP contribution is -2.40. The first kappa shape index (κ1) is 14.7.